The fraction of sp³-hybridized carbons (Fsp3) is 0.458. The van der Waals surface area contributed by atoms with Crippen molar-refractivity contribution in [3.63, 3.8) is 0 Å². The van der Waals surface area contributed by atoms with Crippen LogP contribution in [0.4, 0.5) is 5.69 Å². The molecular weight excluding hydrogens is 348 g/mol. The van der Waals surface area contributed by atoms with Crippen LogP contribution < -0.4 is 4.90 Å². The van der Waals surface area contributed by atoms with Crippen LogP contribution in [0.5, 0.6) is 0 Å². The number of aliphatic hydroxyl groups is 1. The van der Waals surface area contributed by atoms with E-state index in [1.807, 2.05) is 30.9 Å². The van der Waals surface area contributed by atoms with Crippen molar-refractivity contribution in [3.8, 4) is 0 Å². The van der Waals surface area contributed by atoms with Crippen molar-refractivity contribution in [1.29, 1.82) is 0 Å². The van der Waals surface area contributed by atoms with Gasteiger partial charge in [0.1, 0.15) is 0 Å². The molecule has 2 aromatic carbocycles. The quantitative estimate of drug-likeness (QED) is 0.882. The molecular formula is C24H30N2O2. The summed E-state index contributed by atoms with van der Waals surface area (Å²) in [7, 11) is 0. The SMILES string of the molecule is CC(C)C(=O)N1CCCc2cc([C@@H](O)CN3CCc4ccccc4C3)ccc21. The molecule has 0 saturated carbocycles. The highest BCUT2D eigenvalue weighted by molar-refractivity contribution is 5.95. The van der Waals surface area contributed by atoms with E-state index in [4.69, 9.17) is 0 Å². The normalized spacial score (nSPS) is 17.9. The Labute approximate surface area is 167 Å². The van der Waals surface area contributed by atoms with Crippen LogP contribution in [0.25, 0.3) is 0 Å². The summed E-state index contributed by atoms with van der Waals surface area (Å²) < 4.78 is 0. The first-order valence-corrected chi connectivity index (χ1v) is 10.4. The lowest BCUT2D eigenvalue weighted by molar-refractivity contribution is -0.121. The zero-order valence-electron chi connectivity index (χ0n) is 16.9. The number of nitrogens with zero attached hydrogens (tertiary/aromatic N) is 2. The molecule has 0 saturated heterocycles. The van der Waals surface area contributed by atoms with Crippen molar-refractivity contribution in [2.24, 2.45) is 5.92 Å². The summed E-state index contributed by atoms with van der Waals surface area (Å²) in [5, 5.41) is 10.9. The smallest absolute Gasteiger partial charge is 0.229 e. The van der Waals surface area contributed by atoms with Crippen molar-refractivity contribution in [1.82, 2.24) is 4.90 Å². The molecule has 0 fully saturated rings. The molecule has 0 bridgehead atoms. The molecule has 28 heavy (non-hydrogen) atoms. The van der Waals surface area contributed by atoms with Gasteiger partial charge in [-0.1, -0.05) is 50.2 Å². The Morgan fingerprint density at radius 1 is 1.04 bits per heavy atom. The van der Waals surface area contributed by atoms with Crippen LogP contribution in [0, 0.1) is 5.92 Å². The van der Waals surface area contributed by atoms with Crippen LogP contribution in [0.3, 0.4) is 0 Å². The molecule has 4 rings (SSSR count). The second-order valence-corrected chi connectivity index (χ2v) is 8.41. The van der Waals surface area contributed by atoms with E-state index in [1.54, 1.807) is 0 Å². The maximum Gasteiger partial charge on any atom is 0.229 e. The van der Waals surface area contributed by atoms with Crippen molar-refractivity contribution in [2.75, 3.05) is 24.5 Å². The average molecular weight is 379 g/mol. The standard InChI is InChI=1S/C24H30N2O2/c1-17(2)24(28)26-12-5-8-19-14-20(9-10-22(19)26)23(27)16-25-13-11-18-6-3-4-7-21(18)15-25/h3-4,6-7,9-10,14,17,23,27H,5,8,11-13,15-16H2,1-2H3/t23-/m0/s1. The first kappa shape index (κ1) is 19.2. The van der Waals surface area contributed by atoms with Gasteiger partial charge in [-0.3, -0.25) is 9.69 Å². The Hall–Kier alpha value is -2.17. The van der Waals surface area contributed by atoms with E-state index in [-0.39, 0.29) is 11.8 Å². The fourth-order valence-electron chi connectivity index (χ4n) is 4.42. The molecule has 1 N–H and O–H groups in total. The van der Waals surface area contributed by atoms with Gasteiger partial charge >= 0.3 is 0 Å². The molecule has 4 nitrogen and oxygen atoms in total. The molecule has 0 unspecified atom stereocenters. The van der Waals surface area contributed by atoms with E-state index < -0.39 is 6.10 Å². The van der Waals surface area contributed by atoms with E-state index in [9.17, 15) is 9.90 Å². The van der Waals surface area contributed by atoms with Crippen LogP contribution in [0.2, 0.25) is 0 Å². The number of aryl methyl sites for hydroxylation is 1. The predicted octanol–water partition coefficient (Wildman–Crippen LogP) is 3.71. The minimum atomic E-state index is -0.508. The third-order valence-corrected chi connectivity index (χ3v) is 6.01. The van der Waals surface area contributed by atoms with Crippen LogP contribution in [-0.4, -0.2) is 35.5 Å². The van der Waals surface area contributed by atoms with Gasteiger partial charge in [0.2, 0.25) is 5.91 Å². The molecule has 2 aliphatic heterocycles. The van der Waals surface area contributed by atoms with Crippen molar-refractivity contribution >= 4 is 11.6 Å². The Bertz CT molecular complexity index is 861. The summed E-state index contributed by atoms with van der Waals surface area (Å²) in [6, 6.07) is 14.7. The zero-order chi connectivity index (χ0) is 19.7. The summed E-state index contributed by atoms with van der Waals surface area (Å²) in [5.74, 6) is 0.180. The van der Waals surface area contributed by atoms with E-state index in [1.165, 1.54) is 16.7 Å². The fourth-order valence-corrected chi connectivity index (χ4v) is 4.42. The molecule has 0 aromatic heterocycles. The number of fused-ring (bicyclic) bond motifs is 2. The van der Waals surface area contributed by atoms with Gasteiger partial charge in [0.15, 0.2) is 0 Å². The number of anilines is 1. The van der Waals surface area contributed by atoms with Crippen LogP contribution in [0.1, 0.15) is 48.6 Å². The Balaban J connectivity index is 1.47. The predicted molar refractivity (Wildman–Crippen MR) is 112 cm³/mol. The van der Waals surface area contributed by atoms with Gasteiger partial charge in [0.05, 0.1) is 6.10 Å². The van der Waals surface area contributed by atoms with Crippen molar-refractivity contribution in [2.45, 2.75) is 45.8 Å². The monoisotopic (exact) mass is 378 g/mol. The van der Waals surface area contributed by atoms with Crippen molar-refractivity contribution < 1.29 is 9.90 Å². The van der Waals surface area contributed by atoms with Crippen molar-refractivity contribution in [3.05, 3.63) is 64.7 Å². The first-order valence-electron chi connectivity index (χ1n) is 10.4. The number of carbonyl (C=O) groups excluding carboxylic acids is 1. The highest BCUT2D eigenvalue weighted by atomic mass is 16.3. The van der Waals surface area contributed by atoms with Crippen LogP contribution >= 0.6 is 0 Å². The molecule has 0 radical (unpaired) electrons. The zero-order valence-corrected chi connectivity index (χ0v) is 16.9. The summed E-state index contributed by atoms with van der Waals surface area (Å²) >= 11 is 0. The third kappa shape index (κ3) is 3.85. The number of aliphatic hydroxyl groups excluding tert-OH is 1. The number of hydrogen-bond acceptors (Lipinski definition) is 3. The van der Waals surface area contributed by atoms with Gasteiger partial charge in [-0.2, -0.15) is 0 Å². The molecule has 4 heteroatoms. The maximum atomic E-state index is 12.5. The first-order chi connectivity index (χ1) is 13.5. The lowest BCUT2D eigenvalue weighted by Gasteiger charge is -2.32. The number of hydrogen-bond donors (Lipinski definition) is 1. The average Bonchev–Trinajstić information content (AvgIpc) is 2.72. The summed E-state index contributed by atoms with van der Waals surface area (Å²) in [6.45, 7) is 7.21. The number of rotatable bonds is 4. The molecule has 2 aromatic rings. The molecule has 2 heterocycles. The molecule has 1 amide bonds. The number of amides is 1. The lowest BCUT2D eigenvalue weighted by Crippen LogP contribution is -2.38. The van der Waals surface area contributed by atoms with E-state index in [0.29, 0.717) is 6.54 Å². The minimum absolute atomic E-state index is 0.00167. The Morgan fingerprint density at radius 2 is 1.82 bits per heavy atom. The van der Waals surface area contributed by atoms with Gasteiger partial charge in [-0.05, 0) is 47.6 Å². The molecule has 0 spiro atoms. The Morgan fingerprint density at radius 3 is 2.61 bits per heavy atom. The third-order valence-electron chi connectivity index (χ3n) is 6.01. The van der Waals surface area contributed by atoms with Gasteiger partial charge in [-0.15, -0.1) is 0 Å². The largest absolute Gasteiger partial charge is 0.387 e. The van der Waals surface area contributed by atoms with E-state index >= 15 is 0 Å². The lowest BCUT2D eigenvalue weighted by atomic mass is 9.95. The summed E-state index contributed by atoms with van der Waals surface area (Å²) in [4.78, 5) is 16.8. The van der Waals surface area contributed by atoms with E-state index in [0.717, 1.165) is 50.1 Å². The van der Waals surface area contributed by atoms with Crippen LogP contribution in [0.15, 0.2) is 42.5 Å². The van der Waals surface area contributed by atoms with Gasteiger partial charge < -0.3 is 10.0 Å². The Kier molecular flexibility index (Phi) is 5.51. The van der Waals surface area contributed by atoms with E-state index in [2.05, 4.69) is 35.2 Å². The van der Waals surface area contributed by atoms with Crippen LogP contribution in [-0.2, 0) is 24.2 Å². The molecule has 0 aliphatic carbocycles. The second kappa shape index (κ2) is 8.06. The summed E-state index contributed by atoms with van der Waals surface area (Å²) in [5.41, 5.74) is 5.95. The van der Waals surface area contributed by atoms with Gasteiger partial charge in [0, 0.05) is 37.8 Å². The number of benzene rings is 2. The molecule has 1 atom stereocenters. The van der Waals surface area contributed by atoms with Gasteiger partial charge in [0.25, 0.3) is 0 Å². The number of β-amino-alcohol motifs (C(OH)–C–C–N with tert-alkyl or cyclic N) is 1. The molecule has 148 valence electrons. The second-order valence-electron chi connectivity index (χ2n) is 8.41. The maximum absolute atomic E-state index is 12.5. The van der Waals surface area contributed by atoms with Gasteiger partial charge in [-0.25, -0.2) is 0 Å². The number of carbonyl (C=O) groups is 1. The molecule has 2 aliphatic rings. The highest BCUT2D eigenvalue weighted by Gasteiger charge is 2.26. The topological polar surface area (TPSA) is 43.8 Å². The highest BCUT2D eigenvalue weighted by Crippen LogP contribution is 2.31. The minimum Gasteiger partial charge on any atom is -0.387 e. The summed E-state index contributed by atoms with van der Waals surface area (Å²) in [6.07, 6.45) is 2.48.